The van der Waals surface area contributed by atoms with E-state index in [1.54, 1.807) is 17.8 Å². The summed E-state index contributed by atoms with van der Waals surface area (Å²) in [7, 11) is -0.327. The normalized spacial score (nSPS) is 33.1. The number of aromatic nitrogens is 4. The number of anilines is 1. The summed E-state index contributed by atoms with van der Waals surface area (Å²) < 4.78 is 20.3. The van der Waals surface area contributed by atoms with Crippen molar-refractivity contribution in [2.24, 2.45) is 5.92 Å². The lowest BCUT2D eigenvalue weighted by Crippen LogP contribution is -2.33. The van der Waals surface area contributed by atoms with Gasteiger partial charge >= 0.3 is 0 Å². The molecule has 120 valence electrons. The highest BCUT2D eigenvalue weighted by molar-refractivity contribution is 7.09. The van der Waals surface area contributed by atoms with Gasteiger partial charge < -0.3 is 15.0 Å². The Bertz CT molecular complexity index is 728. The zero-order valence-corrected chi connectivity index (χ0v) is 14.3. The molecule has 0 amide bonds. The minimum Gasteiger partial charge on any atom is -0.382 e. The first kappa shape index (κ1) is 14.6. The SMILES string of the molecule is [2H]POC[C@H]1O[C@@H](n2cnc3c(N)nc(C)nc32)[C@](C)(Cl)[C@@H]1C. The van der Waals surface area contributed by atoms with Crippen molar-refractivity contribution in [3.8, 4) is 0 Å². The summed E-state index contributed by atoms with van der Waals surface area (Å²) in [6.45, 7) is 6.06. The van der Waals surface area contributed by atoms with Gasteiger partial charge in [0.1, 0.15) is 11.3 Å². The summed E-state index contributed by atoms with van der Waals surface area (Å²) in [5, 5.41) is 0. The number of imidazole rings is 1. The van der Waals surface area contributed by atoms with Gasteiger partial charge in [-0.3, -0.25) is 4.57 Å². The van der Waals surface area contributed by atoms with E-state index < -0.39 is 11.1 Å². The fraction of sp³-hybridized carbons (Fsp3) is 0.615. The van der Waals surface area contributed by atoms with Crippen LogP contribution in [0.3, 0.4) is 0 Å². The molecule has 3 rings (SSSR count). The Labute approximate surface area is 137 Å². The fourth-order valence-corrected chi connectivity index (χ4v) is 3.29. The zero-order chi connectivity index (χ0) is 16.8. The number of nitrogens with zero attached hydrogens (tertiary/aromatic N) is 4. The maximum Gasteiger partial charge on any atom is 0.167 e. The van der Waals surface area contributed by atoms with Crippen LogP contribution in [0.15, 0.2) is 6.33 Å². The molecule has 2 aromatic heterocycles. The van der Waals surface area contributed by atoms with E-state index in [-0.39, 0.29) is 21.4 Å². The van der Waals surface area contributed by atoms with E-state index in [4.69, 9.17) is 27.9 Å². The topological polar surface area (TPSA) is 88.1 Å². The summed E-state index contributed by atoms with van der Waals surface area (Å²) in [5.41, 5.74) is 7.05. The fourth-order valence-electron chi connectivity index (χ4n) is 2.83. The standard InChI is InChI=1S/C13H19ClN5O2P/c1-6-8(4-20-22)21-12(13(6,3)14)19-5-16-9-10(15)17-7(2)18-11(9)19/h5-6,8,12H,4,22H2,1-3H3,(H2,15,17,18)/t6-,8-,12-,13-/m1/s1/i22D/t6-,8-,12-,13-,22?. The van der Waals surface area contributed by atoms with Crippen molar-refractivity contribution in [3.05, 3.63) is 12.2 Å². The second-order valence-corrected chi connectivity index (χ2v) is 6.86. The predicted molar refractivity (Wildman–Crippen MR) is 87.5 cm³/mol. The van der Waals surface area contributed by atoms with E-state index in [2.05, 4.69) is 15.0 Å². The lowest BCUT2D eigenvalue weighted by molar-refractivity contribution is -0.0242. The van der Waals surface area contributed by atoms with Gasteiger partial charge in [-0.25, -0.2) is 15.0 Å². The van der Waals surface area contributed by atoms with Gasteiger partial charge in [0.25, 0.3) is 0 Å². The number of alkyl halides is 1. The Kier molecular flexibility index (Phi) is 3.69. The number of ether oxygens (including phenoxy) is 1. The molecule has 2 aromatic rings. The highest BCUT2D eigenvalue weighted by Crippen LogP contribution is 2.48. The summed E-state index contributed by atoms with van der Waals surface area (Å²) in [6.07, 6.45) is 0.974. The molecule has 22 heavy (non-hydrogen) atoms. The van der Waals surface area contributed by atoms with Crippen LogP contribution < -0.4 is 5.73 Å². The average molecular weight is 345 g/mol. The van der Waals surface area contributed by atoms with Gasteiger partial charge in [0.2, 0.25) is 0 Å². The van der Waals surface area contributed by atoms with Gasteiger partial charge in [-0.15, -0.1) is 11.6 Å². The Hall–Kier alpha value is -1.01. The highest BCUT2D eigenvalue weighted by Gasteiger charge is 2.51. The molecule has 0 radical (unpaired) electrons. The van der Waals surface area contributed by atoms with Gasteiger partial charge in [-0.2, -0.15) is 0 Å². The van der Waals surface area contributed by atoms with Gasteiger partial charge in [-0.05, 0) is 13.8 Å². The molecule has 0 aliphatic carbocycles. The molecular formula is C13H19ClN5O2P. The third-order valence-corrected chi connectivity index (χ3v) is 4.99. The Morgan fingerprint density at radius 3 is 3.14 bits per heavy atom. The molecule has 0 bridgehead atoms. The molecule has 1 fully saturated rings. The van der Waals surface area contributed by atoms with Crippen LogP contribution in [0.1, 0.15) is 25.9 Å². The minimum atomic E-state index is -0.666. The van der Waals surface area contributed by atoms with Crippen LogP contribution in [0.2, 0.25) is 0 Å². The summed E-state index contributed by atoms with van der Waals surface area (Å²) >= 11 is 6.78. The number of rotatable bonds is 4. The molecule has 0 aromatic carbocycles. The third-order valence-electron chi connectivity index (χ3n) is 4.30. The average Bonchev–Trinajstić information content (AvgIpc) is 2.98. The molecule has 1 aliphatic heterocycles. The van der Waals surface area contributed by atoms with Crippen LogP contribution in [0, 0.1) is 12.8 Å². The van der Waals surface area contributed by atoms with Crippen molar-refractivity contribution in [2.45, 2.75) is 38.0 Å². The molecule has 1 aliphatic rings. The molecule has 9 heteroatoms. The molecule has 2 N–H and O–H groups in total. The number of hydrogen-bond acceptors (Lipinski definition) is 6. The first-order chi connectivity index (χ1) is 10.9. The van der Waals surface area contributed by atoms with Crippen LogP contribution in [-0.2, 0) is 9.26 Å². The second-order valence-electron chi connectivity index (χ2n) is 5.76. The number of halogens is 1. The van der Waals surface area contributed by atoms with Crippen molar-refractivity contribution in [1.82, 2.24) is 19.5 Å². The van der Waals surface area contributed by atoms with Crippen molar-refractivity contribution < 1.29 is 9.26 Å². The summed E-state index contributed by atoms with van der Waals surface area (Å²) in [6, 6.07) is 0. The van der Waals surface area contributed by atoms with Crippen molar-refractivity contribution >= 4 is 38.0 Å². The van der Waals surface area contributed by atoms with Crippen LogP contribution >= 0.6 is 21.0 Å². The molecule has 1 saturated heterocycles. The smallest absolute Gasteiger partial charge is 0.167 e. The lowest BCUT2D eigenvalue weighted by atomic mass is 9.92. The largest absolute Gasteiger partial charge is 0.382 e. The van der Waals surface area contributed by atoms with Crippen molar-refractivity contribution in [2.75, 3.05) is 12.3 Å². The molecule has 3 heterocycles. The van der Waals surface area contributed by atoms with Crippen molar-refractivity contribution in [3.63, 3.8) is 0 Å². The molecule has 0 saturated carbocycles. The van der Waals surface area contributed by atoms with Gasteiger partial charge in [0.05, 0.1) is 25.2 Å². The number of nitrogens with two attached hydrogens (primary N) is 1. The highest BCUT2D eigenvalue weighted by atomic mass is 35.5. The number of fused-ring (bicyclic) bond motifs is 1. The zero-order valence-electron chi connectivity index (χ0n) is 13.6. The molecule has 5 atom stereocenters. The quantitative estimate of drug-likeness (QED) is 0.674. The number of nitrogen functional groups attached to an aromatic ring is 1. The summed E-state index contributed by atoms with van der Waals surface area (Å²) in [4.78, 5) is 12.2. The first-order valence-electron chi connectivity index (χ1n) is 7.45. The van der Waals surface area contributed by atoms with E-state index in [0.717, 1.165) is 0 Å². The van der Waals surface area contributed by atoms with Gasteiger partial charge in [-0.1, -0.05) is 6.92 Å². The monoisotopic (exact) mass is 344 g/mol. The minimum absolute atomic E-state index is 0.0308. The van der Waals surface area contributed by atoms with E-state index in [9.17, 15) is 0 Å². The van der Waals surface area contributed by atoms with Gasteiger partial charge in [0, 0.05) is 15.3 Å². The molecular weight excluding hydrogens is 325 g/mol. The van der Waals surface area contributed by atoms with Gasteiger partial charge in [0.15, 0.2) is 17.7 Å². The lowest BCUT2D eigenvalue weighted by Gasteiger charge is -2.27. The van der Waals surface area contributed by atoms with E-state index in [1.165, 1.54) is 0 Å². The molecule has 7 nitrogen and oxygen atoms in total. The number of aryl methyl sites for hydroxylation is 1. The second kappa shape index (κ2) is 5.57. The van der Waals surface area contributed by atoms with E-state index in [1.807, 2.05) is 13.8 Å². The Morgan fingerprint density at radius 2 is 2.41 bits per heavy atom. The summed E-state index contributed by atoms with van der Waals surface area (Å²) in [5.74, 6) is 0.932. The first-order valence-corrected chi connectivity index (χ1v) is 7.74. The maximum absolute atomic E-state index is 7.15. The van der Waals surface area contributed by atoms with Crippen LogP contribution in [0.25, 0.3) is 11.2 Å². The molecule has 1 unspecified atom stereocenters. The van der Waals surface area contributed by atoms with E-state index in [0.29, 0.717) is 29.4 Å². The van der Waals surface area contributed by atoms with Crippen molar-refractivity contribution in [1.29, 1.82) is 1.28 Å². The predicted octanol–water partition coefficient (Wildman–Crippen LogP) is 2.05. The van der Waals surface area contributed by atoms with E-state index >= 15 is 0 Å². The third kappa shape index (κ3) is 2.36. The Balaban J connectivity index is 2.01. The van der Waals surface area contributed by atoms with Crippen LogP contribution in [0.4, 0.5) is 5.82 Å². The Morgan fingerprint density at radius 1 is 1.64 bits per heavy atom. The van der Waals surface area contributed by atoms with Crippen LogP contribution in [0.5, 0.6) is 0 Å². The number of hydrogen-bond donors (Lipinski definition) is 1. The maximum atomic E-state index is 7.15. The van der Waals surface area contributed by atoms with Crippen LogP contribution in [-0.4, -0.2) is 38.4 Å². The molecule has 0 spiro atoms.